The molecule has 0 aromatic heterocycles. The largest absolute Gasteiger partial charge is 0.303 e. The highest BCUT2D eigenvalue weighted by Gasteiger charge is 2.61. The molecule has 2 aliphatic rings. The van der Waals surface area contributed by atoms with Gasteiger partial charge in [-0.3, -0.25) is 0 Å². The van der Waals surface area contributed by atoms with E-state index in [2.05, 4.69) is 0 Å². The van der Waals surface area contributed by atoms with Crippen LogP contribution < -0.4 is 0 Å². The van der Waals surface area contributed by atoms with Gasteiger partial charge in [-0.15, -0.1) is 0 Å². The van der Waals surface area contributed by atoms with Gasteiger partial charge in [-0.1, -0.05) is 0 Å². The fourth-order valence-corrected chi connectivity index (χ4v) is 2.80. The number of carbonyl (C=O) groups excluding carboxylic acids is 1. The van der Waals surface area contributed by atoms with Crippen molar-refractivity contribution in [2.45, 2.75) is 38.0 Å². The van der Waals surface area contributed by atoms with E-state index in [0.717, 1.165) is 19.1 Å². The molecular formula is C9H12F2O. The molecule has 0 radical (unpaired) electrons. The maximum absolute atomic E-state index is 12.5. The van der Waals surface area contributed by atoms with Gasteiger partial charge in [-0.05, 0) is 24.2 Å². The van der Waals surface area contributed by atoms with Crippen LogP contribution in [-0.2, 0) is 4.79 Å². The van der Waals surface area contributed by atoms with E-state index in [-0.39, 0.29) is 18.3 Å². The Morgan fingerprint density at radius 1 is 1.33 bits per heavy atom. The molecule has 0 N–H and O–H groups in total. The summed E-state index contributed by atoms with van der Waals surface area (Å²) in [6.07, 6.45) is 3.29. The van der Waals surface area contributed by atoms with Gasteiger partial charge in [-0.25, -0.2) is 8.78 Å². The van der Waals surface area contributed by atoms with Crippen molar-refractivity contribution in [3.05, 3.63) is 0 Å². The molecule has 1 spiro atoms. The second-order valence-corrected chi connectivity index (χ2v) is 4.39. The van der Waals surface area contributed by atoms with Gasteiger partial charge in [0.15, 0.2) is 0 Å². The Kier molecular flexibility index (Phi) is 1.54. The van der Waals surface area contributed by atoms with Crippen LogP contribution in [0.4, 0.5) is 8.78 Å². The second kappa shape index (κ2) is 2.27. The molecule has 0 heterocycles. The first-order valence-corrected chi connectivity index (χ1v) is 4.37. The first-order chi connectivity index (χ1) is 5.55. The Hall–Kier alpha value is -0.470. The zero-order valence-electron chi connectivity index (χ0n) is 6.85. The molecule has 0 unspecified atom stereocenters. The van der Waals surface area contributed by atoms with Crippen molar-refractivity contribution in [2.75, 3.05) is 0 Å². The molecule has 0 aromatic rings. The second-order valence-electron chi connectivity index (χ2n) is 4.39. The van der Waals surface area contributed by atoms with Gasteiger partial charge in [0.2, 0.25) is 5.92 Å². The van der Waals surface area contributed by atoms with Crippen LogP contribution in [0.15, 0.2) is 0 Å². The quantitative estimate of drug-likeness (QED) is 0.587. The Morgan fingerprint density at radius 2 is 1.92 bits per heavy atom. The summed E-state index contributed by atoms with van der Waals surface area (Å²) in [5.74, 6) is -2.00. The monoisotopic (exact) mass is 174 g/mol. The summed E-state index contributed by atoms with van der Waals surface area (Å²) in [6, 6.07) is 0. The summed E-state index contributed by atoms with van der Waals surface area (Å²) in [4.78, 5) is 10.1. The standard InChI is InChI=1S/C9H12F2O/c10-9(11)5-8(6-9)3-7(4-8)1-2-12/h2,7H,1,3-6H2. The summed E-state index contributed by atoms with van der Waals surface area (Å²) >= 11 is 0. The Morgan fingerprint density at radius 3 is 2.33 bits per heavy atom. The number of alkyl halides is 2. The van der Waals surface area contributed by atoms with Crippen molar-refractivity contribution < 1.29 is 13.6 Å². The Bertz CT molecular complexity index is 197. The molecule has 2 saturated carbocycles. The smallest absolute Gasteiger partial charge is 0.249 e. The van der Waals surface area contributed by atoms with Gasteiger partial charge in [0, 0.05) is 19.3 Å². The normalized spacial score (nSPS) is 30.8. The third kappa shape index (κ3) is 1.15. The van der Waals surface area contributed by atoms with E-state index in [4.69, 9.17) is 0 Å². The van der Waals surface area contributed by atoms with Gasteiger partial charge in [0.05, 0.1) is 0 Å². The van der Waals surface area contributed by atoms with Crippen molar-refractivity contribution in [3.8, 4) is 0 Å². The minimum Gasteiger partial charge on any atom is -0.303 e. The van der Waals surface area contributed by atoms with Gasteiger partial charge in [-0.2, -0.15) is 0 Å². The van der Waals surface area contributed by atoms with Crippen molar-refractivity contribution in [1.29, 1.82) is 0 Å². The Labute approximate surface area is 70.1 Å². The molecule has 2 fully saturated rings. The molecule has 1 nitrogen and oxygen atoms in total. The molecule has 0 bridgehead atoms. The topological polar surface area (TPSA) is 17.1 Å². The lowest BCUT2D eigenvalue weighted by atomic mass is 9.50. The highest BCUT2D eigenvalue weighted by atomic mass is 19.3. The lowest BCUT2D eigenvalue weighted by molar-refractivity contribution is -0.206. The minimum atomic E-state index is -2.40. The predicted octanol–water partition coefficient (Wildman–Crippen LogP) is 2.40. The number of hydrogen-bond acceptors (Lipinski definition) is 1. The van der Waals surface area contributed by atoms with E-state index in [9.17, 15) is 13.6 Å². The first-order valence-electron chi connectivity index (χ1n) is 4.37. The number of halogens is 2. The molecule has 2 rings (SSSR count). The van der Waals surface area contributed by atoms with Crippen LogP contribution in [0.2, 0.25) is 0 Å². The van der Waals surface area contributed by atoms with E-state index in [0.29, 0.717) is 12.3 Å². The fraction of sp³-hybridized carbons (Fsp3) is 0.889. The van der Waals surface area contributed by atoms with Crippen LogP contribution in [0.5, 0.6) is 0 Å². The van der Waals surface area contributed by atoms with Crippen molar-refractivity contribution in [1.82, 2.24) is 0 Å². The van der Waals surface area contributed by atoms with Crippen LogP contribution in [0.1, 0.15) is 32.1 Å². The zero-order chi connectivity index (χ0) is 8.82. The van der Waals surface area contributed by atoms with Gasteiger partial charge in [0.1, 0.15) is 6.29 Å². The van der Waals surface area contributed by atoms with Crippen LogP contribution in [0.3, 0.4) is 0 Å². The molecule has 0 aromatic carbocycles. The van der Waals surface area contributed by atoms with Gasteiger partial charge >= 0.3 is 0 Å². The van der Waals surface area contributed by atoms with Crippen molar-refractivity contribution >= 4 is 6.29 Å². The molecule has 0 aliphatic heterocycles. The van der Waals surface area contributed by atoms with E-state index in [1.807, 2.05) is 0 Å². The highest BCUT2D eigenvalue weighted by molar-refractivity contribution is 5.50. The Balaban J connectivity index is 1.79. The lowest BCUT2D eigenvalue weighted by Crippen LogP contribution is -2.53. The maximum atomic E-state index is 12.5. The molecule has 2 aliphatic carbocycles. The summed E-state index contributed by atoms with van der Waals surface area (Å²) < 4.78 is 25.0. The number of rotatable bonds is 2. The molecule has 68 valence electrons. The van der Waals surface area contributed by atoms with Crippen molar-refractivity contribution in [2.24, 2.45) is 11.3 Å². The third-order valence-corrected chi connectivity index (χ3v) is 3.14. The van der Waals surface area contributed by atoms with Gasteiger partial charge < -0.3 is 4.79 Å². The number of aldehydes is 1. The lowest BCUT2D eigenvalue weighted by Gasteiger charge is -2.57. The van der Waals surface area contributed by atoms with E-state index < -0.39 is 5.92 Å². The van der Waals surface area contributed by atoms with Crippen molar-refractivity contribution in [3.63, 3.8) is 0 Å². The van der Waals surface area contributed by atoms with E-state index >= 15 is 0 Å². The minimum absolute atomic E-state index is 0.0584. The van der Waals surface area contributed by atoms with Crippen LogP contribution in [0.25, 0.3) is 0 Å². The average Bonchev–Trinajstić information content (AvgIpc) is 1.80. The SMILES string of the molecule is O=CCC1CC2(C1)CC(F)(F)C2. The first kappa shape index (κ1) is 8.14. The molecule has 0 saturated heterocycles. The highest BCUT2D eigenvalue weighted by Crippen LogP contribution is 2.64. The molecule has 3 heteroatoms. The zero-order valence-corrected chi connectivity index (χ0v) is 6.85. The molecule has 12 heavy (non-hydrogen) atoms. The maximum Gasteiger partial charge on any atom is 0.249 e. The fourth-order valence-electron chi connectivity index (χ4n) is 2.80. The number of carbonyl (C=O) groups is 1. The summed E-state index contributed by atoms with van der Waals surface area (Å²) in [5.41, 5.74) is -0.0584. The summed E-state index contributed by atoms with van der Waals surface area (Å²) in [5, 5.41) is 0. The molecule has 0 atom stereocenters. The van der Waals surface area contributed by atoms with Crippen LogP contribution in [-0.4, -0.2) is 12.2 Å². The van der Waals surface area contributed by atoms with Crippen LogP contribution in [0, 0.1) is 11.3 Å². The predicted molar refractivity (Wildman–Crippen MR) is 40.0 cm³/mol. The molecule has 0 amide bonds. The third-order valence-electron chi connectivity index (χ3n) is 3.14. The summed E-state index contributed by atoms with van der Waals surface area (Å²) in [6.45, 7) is 0. The summed E-state index contributed by atoms with van der Waals surface area (Å²) in [7, 11) is 0. The van der Waals surface area contributed by atoms with E-state index in [1.165, 1.54) is 0 Å². The van der Waals surface area contributed by atoms with Crippen LogP contribution >= 0.6 is 0 Å². The number of hydrogen-bond donors (Lipinski definition) is 0. The molecular weight excluding hydrogens is 162 g/mol. The van der Waals surface area contributed by atoms with Gasteiger partial charge in [0.25, 0.3) is 0 Å². The average molecular weight is 174 g/mol. The van der Waals surface area contributed by atoms with E-state index in [1.54, 1.807) is 0 Å².